The van der Waals surface area contributed by atoms with Crippen molar-refractivity contribution in [2.24, 2.45) is 0 Å². The predicted octanol–water partition coefficient (Wildman–Crippen LogP) is 2.80. The van der Waals surface area contributed by atoms with Crippen molar-refractivity contribution in [3.8, 4) is 17.2 Å². The molecule has 0 spiro atoms. The zero-order chi connectivity index (χ0) is 21.6. The maximum atomic E-state index is 12.5. The summed E-state index contributed by atoms with van der Waals surface area (Å²) in [6.45, 7) is 1.39. The number of hydrogen-bond donors (Lipinski definition) is 1. The van der Waals surface area contributed by atoms with Crippen LogP contribution >= 0.6 is 0 Å². The van der Waals surface area contributed by atoms with Gasteiger partial charge in [0.05, 0.1) is 38.0 Å². The summed E-state index contributed by atoms with van der Waals surface area (Å²) in [7, 11) is 4.16. The Kier molecular flexibility index (Phi) is 6.96. The van der Waals surface area contributed by atoms with E-state index in [-0.39, 0.29) is 28.4 Å². The Morgan fingerprint density at radius 2 is 1.69 bits per heavy atom. The minimum absolute atomic E-state index is 0.0967. The van der Waals surface area contributed by atoms with E-state index in [0.29, 0.717) is 5.75 Å². The Morgan fingerprint density at radius 3 is 2.28 bits per heavy atom. The summed E-state index contributed by atoms with van der Waals surface area (Å²) in [5, 5.41) is 13.4. The van der Waals surface area contributed by atoms with Gasteiger partial charge in [-0.2, -0.15) is 0 Å². The number of nitrogens with zero attached hydrogens (tertiary/aromatic N) is 1. The average Bonchev–Trinajstić information content (AvgIpc) is 2.72. The first-order chi connectivity index (χ1) is 13.8. The molecule has 1 unspecified atom stereocenters. The van der Waals surface area contributed by atoms with Gasteiger partial charge in [-0.1, -0.05) is 0 Å². The van der Waals surface area contributed by atoms with Gasteiger partial charge in [-0.15, -0.1) is 0 Å². The van der Waals surface area contributed by atoms with E-state index >= 15 is 0 Å². The number of esters is 1. The van der Waals surface area contributed by atoms with E-state index in [1.165, 1.54) is 52.5 Å². The van der Waals surface area contributed by atoms with Gasteiger partial charge >= 0.3 is 5.97 Å². The summed E-state index contributed by atoms with van der Waals surface area (Å²) in [5.74, 6) is -0.641. The Bertz CT molecular complexity index is 928. The molecule has 0 saturated heterocycles. The van der Waals surface area contributed by atoms with Crippen LogP contribution in [0.3, 0.4) is 0 Å². The summed E-state index contributed by atoms with van der Waals surface area (Å²) in [6, 6.07) is 8.32. The van der Waals surface area contributed by atoms with Gasteiger partial charge in [0.25, 0.3) is 11.6 Å². The van der Waals surface area contributed by atoms with Gasteiger partial charge in [-0.3, -0.25) is 14.9 Å². The molecule has 0 aliphatic rings. The van der Waals surface area contributed by atoms with E-state index in [0.717, 1.165) is 0 Å². The largest absolute Gasteiger partial charge is 0.497 e. The Balaban J connectivity index is 2.13. The van der Waals surface area contributed by atoms with E-state index in [1.807, 2.05) is 0 Å². The highest BCUT2D eigenvalue weighted by Gasteiger charge is 2.23. The van der Waals surface area contributed by atoms with Gasteiger partial charge in [0.15, 0.2) is 6.10 Å². The number of anilines is 1. The van der Waals surface area contributed by atoms with Crippen molar-refractivity contribution in [1.29, 1.82) is 0 Å². The summed E-state index contributed by atoms with van der Waals surface area (Å²) in [6.07, 6.45) is -1.17. The predicted molar refractivity (Wildman–Crippen MR) is 103 cm³/mol. The first-order valence-electron chi connectivity index (χ1n) is 8.37. The van der Waals surface area contributed by atoms with E-state index in [9.17, 15) is 19.7 Å². The van der Waals surface area contributed by atoms with Crippen molar-refractivity contribution in [3.05, 3.63) is 52.1 Å². The summed E-state index contributed by atoms with van der Waals surface area (Å²) >= 11 is 0. The highest BCUT2D eigenvalue weighted by molar-refractivity contribution is 5.99. The fourth-order valence-corrected chi connectivity index (χ4v) is 2.38. The van der Waals surface area contributed by atoms with Crippen LogP contribution in [0.4, 0.5) is 11.4 Å². The second-order valence-electron chi connectivity index (χ2n) is 5.74. The summed E-state index contributed by atoms with van der Waals surface area (Å²) in [5.41, 5.74) is 0.105. The number of nitro groups is 1. The molecule has 10 nitrogen and oxygen atoms in total. The number of carbonyl (C=O) groups is 2. The average molecular weight is 404 g/mol. The minimum Gasteiger partial charge on any atom is -0.497 e. The normalized spacial score (nSPS) is 11.2. The van der Waals surface area contributed by atoms with Crippen molar-refractivity contribution < 1.29 is 33.5 Å². The zero-order valence-corrected chi connectivity index (χ0v) is 16.3. The number of benzene rings is 2. The molecule has 0 fully saturated rings. The molecule has 1 atom stereocenters. The maximum Gasteiger partial charge on any atom is 0.342 e. The lowest BCUT2D eigenvalue weighted by Crippen LogP contribution is -2.30. The monoisotopic (exact) mass is 404 g/mol. The molecule has 2 aromatic rings. The molecule has 2 rings (SSSR count). The molecule has 10 heteroatoms. The SMILES string of the molecule is COc1ccc(OC)c(C(=O)OC(C)C(=O)Nc2ccc([N+](=O)[O-])cc2OC)c1. The lowest BCUT2D eigenvalue weighted by atomic mass is 10.2. The van der Waals surface area contributed by atoms with Crippen LogP contribution in [0.1, 0.15) is 17.3 Å². The Morgan fingerprint density at radius 1 is 1.00 bits per heavy atom. The van der Waals surface area contributed by atoms with Crippen LogP contribution < -0.4 is 19.5 Å². The van der Waals surface area contributed by atoms with Gasteiger partial charge in [0.2, 0.25) is 0 Å². The van der Waals surface area contributed by atoms with E-state index in [2.05, 4.69) is 5.32 Å². The first-order valence-corrected chi connectivity index (χ1v) is 8.37. The Labute approximate surface area is 166 Å². The molecule has 0 aliphatic heterocycles. The molecule has 0 aliphatic carbocycles. The van der Waals surface area contributed by atoms with Crippen molar-refractivity contribution in [3.63, 3.8) is 0 Å². The summed E-state index contributed by atoms with van der Waals surface area (Å²) < 4.78 is 20.5. The number of ether oxygens (including phenoxy) is 4. The molecule has 29 heavy (non-hydrogen) atoms. The number of rotatable bonds is 8. The van der Waals surface area contributed by atoms with Gasteiger partial charge < -0.3 is 24.3 Å². The zero-order valence-electron chi connectivity index (χ0n) is 16.3. The Hall–Kier alpha value is -3.82. The summed E-state index contributed by atoms with van der Waals surface area (Å²) in [4.78, 5) is 35.1. The number of nitro benzene ring substituents is 1. The standard InChI is InChI=1S/C19H20N2O8/c1-11(29-19(23)14-10-13(26-2)6-8-16(14)27-3)18(22)20-15-7-5-12(21(24)25)9-17(15)28-4/h5-11H,1-4H3,(H,20,22). The van der Waals surface area contributed by atoms with Crippen molar-refractivity contribution in [2.75, 3.05) is 26.6 Å². The lowest BCUT2D eigenvalue weighted by molar-refractivity contribution is -0.384. The molecule has 0 heterocycles. The minimum atomic E-state index is -1.17. The van der Waals surface area contributed by atoms with Gasteiger partial charge in [-0.25, -0.2) is 4.79 Å². The van der Waals surface area contributed by atoms with E-state index in [4.69, 9.17) is 18.9 Å². The smallest absolute Gasteiger partial charge is 0.342 e. The fraction of sp³-hybridized carbons (Fsp3) is 0.263. The topological polar surface area (TPSA) is 126 Å². The number of methoxy groups -OCH3 is 3. The third kappa shape index (κ3) is 5.12. The maximum absolute atomic E-state index is 12.5. The first kappa shape index (κ1) is 21.5. The quantitative estimate of drug-likeness (QED) is 0.404. The van der Waals surface area contributed by atoms with Gasteiger partial charge in [0, 0.05) is 6.07 Å². The van der Waals surface area contributed by atoms with Crippen LogP contribution in [0, 0.1) is 10.1 Å². The highest BCUT2D eigenvalue weighted by atomic mass is 16.6. The fourth-order valence-electron chi connectivity index (χ4n) is 2.38. The number of amides is 1. The van der Waals surface area contributed by atoms with Gasteiger partial charge in [0.1, 0.15) is 22.8 Å². The molecule has 0 saturated carbocycles. The third-order valence-electron chi connectivity index (χ3n) is 3.93. The van der Waals surface area contributed by atoms with Crippen molar-refractivity contribution in [2.45, 2.75) is 13.0 Å². The molecule has 1 N–H and O–H groups in total. The number of hydrogen-bond acceptors (Lipinski definition) is 8. The second kappa shape index (κ2) is 9.40. The van der Waals surface area contributed by atoms with Crippen LogP contribution in [0.25, 0.3) is 0 Å². The van der Waals surface area contributed by atoms with Crippen LogP contribution in [-0.4, -0.2) is 44.2 Å². The molecular weight excluding hydrogens is 384 g/mol. The molecule has 0 aromatic heterocycles. The van der Waals surface area contributed by atoms with Crippen LogP contribution in [0.2, 0.25) is 0 Å². The highest BCUT2D eigenvalue weighted by Crippen LogP contribution is 2.29. The van der Waals surface area contributed by atoms with Crippen LogP contribution in [-0.2, 0) is 9.53 Å². The van der Waals surface area contributed by atoms with Crippen LogP contribution in [0.15, 0.2) is 36.4 Å². The molecule has 154 valence electrons. The molecule has 0 bridgehead atoms. The van der Waals surface area contributed by atoms with Gasteiger partial charge in [-0.05, 0) is 31.2 Å². The number of carbonyl (C=O) groups excluding carboxylic acids is 2. The van der Waals surface area contributed by atoms with E-state index in [1.54, 1.807) is 12.1 Å². The number of nitrogens with one attached hydrogen (secondary N) is 1. The van der Waals surface area contributed by atoms with Crippen LogP contribution in [0.5, 0.6) is 17.2 Å². The lowest BCUT2D eigenvalue weighted by Gasteiger charge is -2.16. The van der Waals surface area contributed by atoms with Crippen molar-refractivity contribution in [1.82, 2.24) is 0 Å². The molecular formula is C19H20N2O8. The molecule has 0 radical (unpaired) electrons. The molecule has 1 amide bonds. The second-order valence-corrected chi connectivity index (χ2v) is 5.74. The molecule has 2 aromatic carbocycles. The van der Waals surface area contributed by atoms with E-state index < -0.39 is 22.9 Å². The third-order valence-corrected chi connectivity index (χ3v) is 3.93. The van der Waals surface area contributed by atoms with Crippen molar-refractivity contribution >= 4 is 23.3 Å². The number of non-ortho nitro benzene ring substituents is 1.